The van der Waals surface area contributed by atoms with Gasteiger partial charge >= 0.3 is 5.97 Å². The van der Waals surface area contributed by atoms with Crippen LogP contribution in [-0.2, 0) is 14.6 Å². The first-order chi connectivity index (χ1) is 9.37. The Labute approximate surface area is 115 Å². The van der Waals surface area contributed by atoms with Gasteiger partial charge < -0.3 is 10.4 Å². The van der Waals surface area contributed by atoms with E-state index >= 15 is 0 Å². The zero-order chi connectivity index (χ0) is 14.8. The normalized spacial score (nSPS) is 20.5. The van der Waals surface area contributed by atoms with Crippen LogP contribution in [0.5, 0.6) is 0 Å². The number of carboxylic acids is 1. The smallest absolute Gasteiger partial charge is 0.337 e. The fraction of sp³-hybridized carbons (Fsp3) is 0.417. The Balaban J connectivity index is 2.01. The van der Waals surface area contributed by atoms with E-state index in [0.29, 0.717) is 6.42 Å². The predicted molar refractivity (Wildman–Crippen MR) is 71.2 cm³/mol. The zero-order valence-corrected chi connectivity index (χ0v) is 11.4. The minimum Gasteiger partial charge on any atom is -0.478 e. The lowest BCUT2D eigenvalue weighted by Gasteiger charge is -2.10. The molecule has 1 unspecified atom stereocenters. The molecule has 2 N–H and O–H groups in total. The van der Waals surface area contributed by atoms with Crippen molar-refractivity contribution in [2.45, 2.75) is 12.8 Å². The van der Waals surface area contributed by atoms with Crippen LogP contribution in [0.1, 0.15) is 23.2 Å². The number of aromatic carboxylic acids is 1. The Morgan fingerprint density at radius 3 is 2.80 bits per heavy atom. The second-order valence-electron chi connectivity index (χ2n) is 4.75. The molecule has 0 aliphatic carbocycles. The molecule has 8 heteroatoms. The van der Waals surface area contributed by atoms with E-state index in [1.54, 1.807) is 0 Å². The van der Waals surface area contributed by atoms with Gasteiger partial charge in [-0.05, 0) is 18.4 Å². The average molecular weight is 298 g/mol. The summed E-state index contributed by atoms with van der Waals surface area (Å²) >= 11 is 0. The molecule has 1 aromatic heterocycles. The summed E-state index contributed by atoms with van der Waals surface area (Å²) in [6, 6.07) is 1.29. The monoisotopic (exact) mass is 298 g/mol. The summed E-state index contributed by atoms with van der Waals surface area (Å²) in [6.07, 6.45) is 3.11. The van der Waals surface area contributed by atoms with Gasteiger partial charge in [0.15, 0.2) is 9.84 Å². The molecule has 0 aromatic carbocycles. The number of hydrogen-bond donors (Lipinski definition) is 2. The maximum Gasteiger partial charge on any atom is 0.337 e. The number of carbonyl (C=O) groups is 2. The van der Waals surface area contributed by atoms with E-state index in [-0.39, 0.29) is 35.1 Å². The summed E-state index contributed by atoms with van der Waals surface area (Å²) in [5.41, 5.74) is 0.0678. The van der Waals surface area contributed by atoms with Crippen molar-refractivity contribution in [2.75, 3.05) is 16.8 Å². The van der Waals surface area contributed by atoms with Crippen LogP contribution in [0.3, 0.4) is 0 Å². The van der Waals surface area contributed by atoms with Crippen LogP contribution in [0.2, 0.25) is 0 Å². The quantitative estimate of drug-likeness (QED) is 0.838. The Hall–Kier alpha value is -1.96. The molecular formula is C12H14N2O5S. The first kappa shape index (κ1) is 14.4. The maximum atomic E-state index is 11.8. The molecule has 2 rings (SSSR count). The minimum atomic E-state index is -3.02. The van der Waals surface area contributed by atoms with Crippen LogP contribution in [0.15, 0.2) is 18.5 Å². The first-order valence-corrected chi connectivity index (χ1v) is 7.87. The topological polar surface area (TPSA) is 113 Å². The van der Waals surface area contributed by atoms with Gasteiger partial charge in [-0.25, -0.2) is 13.2 Å². The van der Waals surface area contributed by atoms with Crippen molar-refractivity contribution in [1.82, 2.24) is 4.98 Å². The van der Waals surface area contributed by atoms with Crippen molar-refractivity contribution < 1.29 is 23.1 Å². The summed E-state index contributed by atoms with van der Waals surface area (Å²) in [5, 5.41) is 11.4. The van der Waals surface area contributed by atoms with Crippen LogP contribution in [-0.4, -0.2) is 41.9 Å². The van der Waals surface area contributed by atoms with Gasteiger partial charge in [0.1, 0.15) is 0 Å². The molecule has 20 heavy (non-hydrogen) atoms. The fourth-order valence-corrected chi connectivity index (χ4v) is 4.04. The van der Waals surface area contributed by atoms with E-state index in [9.17, 15) is 18.0 Å². The molecule has 7 nitrogen and oxygen atoms in total. The molecule has 0 saturated carbocycles. The molecule has 1 saturated heterocycles. The van der Waals surface area contributed by atoms with Crippen molar-refractivity contribution in [3.8, 4) is 0 Å². The average Bonchev–Trinajstić information content (AvgIpc) is 2.68. The molecule has 1 amide bonds. The molecule has 1 fully saturated rings. The van der Waals surface area contributed by atoms with Gasteiger partial charge in [0, 0.05) is 12.6 Å². The number of hydrogen-bond acceptors (Lipinski definition) is 5. The van der Waals surface area contributed by atoms with Gasteiger partial charge in [-0.15, -0.1) is 0 Å². The molecule has 0 radical (unpaired) electrons. The lowest BCUT2D eigenvalue weighted by Crippen LogP contribution is -2.19. The largest absolute Gasteiger partial charge is 0.478 e. The highest BCUT2D eigenvalue weighted by molar-refractivity contribution is 7.91. The molecule has 108 valence electrons. The standard InChI is InChI=1S/C12H14N2O5S/c15-11(5-8-2-4-20(18,19)7-8)14-10-6-13-3-1-9(10)12(16)17/h1,3,6,8H,2,4-5,7H2,(H,14,15)(H,16,17). The van der Waals surface area contributed by atoms with Gasteiger partial charge in [-0.1, -0.05) is 0 Å². The Morgan fingerprint density at radius 2 is 2.20 bits per heavy atom. The van der Waals surface area contributed by atoms with Crippen LogP contribution in [0, 0.1) is 5.92 Å². The van der Waals surface area contributed by atoms with E-state index in [1.807, 2.05) is 0 Å². The predicted octanol–water partition coefficient (Wildman–Crippen LogP) is 0.543. The lowest BCUT2D eigenvalue weighted by molar-refractivity contribution is -0.116. The number of anilines is 1. The molecule has 0 spiro atoms. The van der Waals surface area contributed by atoms with Crippen LogP contribution >= 0.6 is 0 Å². The molecular weight excluding hydrogens is 284 g/mol. The number of pyridine rings is 1. The number of nitrogens with one attached hydrogen (secondary N) is 1. The summed E-state index contributed by atoms with van der Waals surface area (Å²) < 4.78 is 22.6. The van der Waals surface area contributed by atoms with Crippen LogP contribution in [0.4, 0.5) is 5.69 Å². The molecule has 1 aliphatic rings. The highest BCUT2D eigenvalue weighted by Gasteiger charge is 2.29. The molecule has 2 heterocycles. The third kappa shape index (κ3) is 3.53. The van der Waals surface area contributed by atoms with E-state index in [0.717, 1.165) is 0 Å². The second kappa shape index (κ2) is 5.58. The highest BCUT2D eigenvalue weighted by Crippen LogP contribution is 2.22. The molecule has 1 atom stereocenters. The maximum absolute atomic E-state index is 11.8. The number of carboxylic acid groups (broad SMARTS) is 1. The Kier molecular flexibility index (Phi) is 4.03. The number of carbonyl (C=O) groups excluding carboxylic acids is 1. The van der Waals surface area contributed by atoms with Crippen molar-refractivity contribution in [3.63, 3.8) is 0 Å². The number of sulfone groups is 1. The van der Waals surface area contributed by atoms with Gasteiger partial charge in [0.05, 0.1) is 29.0 Å². The van der Waals surface area contributed by atoms with Crippen molar-refractivity contribution in [2.24, 2.45) is 5.92 Å². The third-order valence-electron chi connectivity index (χ3n) is 3.13. The van der Waals surface area contributed by atoms with Crippen molar-refractivity contribution in [1.29, 1.82) is 0 Å². The van der Waals surface area contributed by atoms with Crippen LogP contribution in [0.25, 0.3) is 0 Å². The number of aromatic nitrogens is 1. The SMILES string of the molecule is O=C(CC1CCS(=O)(=O)C1)Nc1cnccc1C(=O)O. The van der Waals surface area contributed by atoms with Gasteiger partial charge in [-0.2, -0.15) is 0 Å². The third-order valence-corrected chi connectivity index (χ3v) is 4.96. The number of nitrogens with zero attached hydrogens (tertiary/aromatic N) is 1. The Morgan fingerprint density at radius 1 is 1.45 bits per heavy atom. The first-order valence-electron chi connectivity index (χ1n) is 6.05. The van der Waals surface area contributed by atoms with Crippen LogP contribution < -0.4 is 5.32 Å². The Bertz CT molecular complexity index is 641. The highest BCUT2D eigenvalue weighted by atomic mass is 32.2. The van der Waals surface area contributed by atoms with Crippen molar-refractivity contribution >= 4 is 27.4 Å². The number of amides is 1. The summed E-state index contributed by atoms with van der Waals surface area (Å²) in [7, 11) is -3.02. The van der Waals surface area contributed by atoms with E-state index in [4.69, 9.17) is 5.11 Å². The summed E-state index contributed by atoms with van der Waals surface area (Å²) in [6.45, 7) is 0. The fourth-order valence-electron chi connectivity index (χ4n) is 2.18. The minimum absolute atomic E-state index is 0.0131. The van der Waals surface area contributed by atoms with Crippen molar-refractivity contribution in [3.05, 3.63) is 24.0 Å². The van der Waals surface area contributed by atoms with Gasteiger partial charge in [0.25, 0.3) is 0 Å². The molecule has 1 aliphatic heterocycles. The van der Waals surface area contributed by atoms with E-state index in [1.165, 1.54) is 18.5 Å². The summed E-state index contributed by atoms with van der Waals surface area (Å²) in [5.74, 6) is -1.64. The number of rotatable bonds is 4. The zero-order valence-electron chi connectivity index (χ0n) is 10.6. The lowest BCUT2D eigenvalue weighted by atomic mass is 10.0. The van der Waals surface area contributed by atoms with E-state index in [2.05, 4.69) is 10.3 Å². The van der Waals surface area contributed by atoms with Gasteiger partial charge in [0.2, 0.25) is 5.91 Å². The molecule has 0 bridgehead atoms. The molecule has 1 aromatic rings. The van der Waals surface area contributed by atoms with E-state index < -0.39 is 21.7 Å². The second-order valence-corrected chi connectivity index (χ2v) is 6.98. The van der Waals surface area contributed by atoms with Gasteiger partial charge in [-0.3, -0.25) is 9.78 Å². The summed E-state index contributed by atoms with van der Waals surface area (Å²) in [4.78, 5) is 26.6.